The van der Waals surface area contributed by atoms with Crippen LogP contribution in [0.15, 0.2) is 29.3 Å². The van der Waals surface area contributed by atoms with Crippen molar-refractivity contribution in [2.24, 2.45) is 4.99 Å². The Balaban J connectivity index is 0.00000242. The van der Waals surface area contributed by atoms with Gasteiger partial charge in [0, 0.05) is 25.6 Å². The number of nitrogens with one attached hydrogen (secondary N) is 1. The molecule has 0 aromatic heterocycles. The number of aliphatic imine (C=N–C) groups is 1. The fourth-order valence-electron chi connectivity index (χ4n) is 2.68. The van der Waals surface area contributed by atoms with E-state index in [0.29, 0.717) is 12.5 Å². The third kappa shape index (κ3) is 5.01. The monoisotopic (exact) mass is 419 g/mol. The molecule has 6 heteroatoms. The third-order valence-corrected chi connectivity index (χ3v) is 3.77. The largest absolute Gasteiger partial charge is 0.497 e. The molecule has 1 heterocycles. The number of aliphatic hydroxyl groups is 1. The van der Waals surface area contributed by atoms with Gasteiger partial charge in [0.2, 0.25) is 0 Å². The van der Waals surface area contributed by atoms with Crippen molar-refractivity contribution in [2.45, 2.75) is 19.3 Å². The fourth-order valence-corrected chi connectivity index (χ4v) is 2.68. The highest BCUT2D eigenvalue weighted by atomic mass is 127. The quantitative estimate of drug-likeness (QED) is 0.436. The number of guanidine groups is 1. The summed E-state index contributed by atoms with van der Waals surface area (Å²) in [5.41, 5.74) is 1.34. The number of benzene rings is 1. The molecule has 2 N–H and O–H groups in total. The van der Waals surface area contributed by atoms with Crippen molar-refractivity contribution in [3.63, 3.8) is 0 Å². The standard InChI is InChI=1S/C16H25N3O2.HI/c1-3-17-16(18-9-11-20)19-10-8-14(12-19)13-4-6-15(21-2)7-5-13;/h4-7,14,20H,3,8-12H2,1-2H3,(H,17,18);1H. The highest BCUT2D eigenvalue weighted by molar-refractivity contribution is 14.0. The van der Waals surface area contributed by atoms with Crippen molar-refractivity contribution >= 4 is 29.9 Å². The van der Waals surface area contributed by atoms with Crippen LogP contribution in [0.3, 0.4) is 0 Å². The van der Waals surface area contributed by atoms with Crippen molar-refractivity contribution < 1.29 is 9.84 Å². The van der Waals surface area contributed by atoms with Gasteiger partial charge in [-0.3, -0.25) is 4.99 Å². The van der Waals surface area contributed by atoms with Crippen LogP contribution in [0.1, 0.15) is 24.8 Å². The Hall–Kier alpha value is -1.02. The lowest BCUT2D eigenvalue weighted by molar-refractivity contribution is 0.305. The van der Waals surface area contributed by atoms with E-state index in [1.54, 1.807) is 7.11 Å². The smallest absolute Gasteiger partial charge is 0.194 e. The molecule has 1 aliphatic heterocycles. The van der Waals surface area contributed by atoms with Gasteiger partial charge in [-0.2, -0.15) is 0 Å². The summed E-state index contributed by atoms with van der Waals surface area (Å²) in [4.78, 5) is 6.70. The molecule has 0 bridgehead atoms. The first-order chi connectivity index (χ1) is 10.3. The van der Waals surface area contributed by atoms with E-state index in [-0.39, 0.29) is 30.6 Å². The van der Waals surface area contributed by atoms with E-state index in [4.69, 9.17) is 9.84 Å². The number of likely N-dealkylation sites (tertiary alicyclic amines) is 1. The van der Waals surface area contributed by atoms with Gasteiger partial charge < -0.3 is 20.1 Å². The second kappa shape index (κ2) is 9.89. The fraction of sp³-hybridized carbons (Fsp3) is 0.562. The maximum absolute atomic E-state index is 8.94. The summed E-state index contributed by atoms with van der Waals surface area (Å²) in [7, 11) is 1.69. The molecule has 0 amide bonds. The molecule has 124 valence electrons. The number of hydrogen-bond donors (Lipinski definition) is 2. The van der Waals surface area contributed by atoms with Gasteiger partial charge in [0.15, 0.2) is 5.96 Å². The Kier molecular flexibility index (Phi) is 8.55. The van der Waals surface area contributed by atoms with Gasteiger partial charge in [0.05, 0.1) is 20.3 Å². The van der Waals surface area contributed by atoms with Gasteiger partial charge in [-0.25, -0.2) is 0 Å². The number of hydrogen-bond acceptors (Lipinski definition) is 3. The summed E-state index contributed by atoms with van der Waals surface area (Å²) in [5, 5.41) is 12.2. The Morgan fingerprint density at radius 2 is 2.14 bits per heavy atom. The topological polar surface area (TPSA) is 57.1 Å². The summed E-state index contributed by atoms with van der Waals surface area (Å²) in [6.07, 6.45) is 1.12. The van der Waals surface area contributed by atoms with Crippen LogP contribution in [0.25, 0.3) is 0 Å². The summed E-state index contributed by atoms with van der Waals surface area (Å²) in [6, 6.07) is 8.32. The molecular formula is C16H26IN3O2. The highest BCUT2D eigenvalue weighted by Gasteiger charge is 2.25. The van der Waals surface area contributed by atoms with Crippen molar-refractivity contribution in [3.8, 4) is 5.75 Å². The minimum Gasteiger partial charge on any atom is -0.497 e. The van der Waals surface area contributed by atoms with Crippen LogP contribution in [-0.2, 0) is 0 Å². The number of nitrogens with zero attached hydrogens (tertiary/aromatic N) is 2. The zero-order valence-electron chi connectivity index (χ0n) is 13.3. The van der Waals surface area contributed by atoms with E-state index in [2.05, 4.69) is 34.3 Å². The van der Waals surface area contributed by atoms with Gasteiger partial charge in [0.25, 0.3) is 0 Å². The Bertz CT molecular complexity index is 465. The van der Waals surface area contributed by atoms with Gasteiger partial charge in [-0.1, -0.05) is 12.1 Å². The van der Waals surface area contributed by atoms with E-state index >= 15 is 0 Å². The average Bonchev–Trinajstić information content (AvgIpc) is 3.01. The van der Waals surface area contributed by atoms with Crippen molar-refractivity contribution in [2.75, 3.05) is 39.9 Å². The Morgan fingerprint density at radius 1 is 1.41 bits per heavy atom. The second-order valence-electron chi connectivity index (χ2n) is 5.16. The second-order valence-corrected chi connectivity index (χ2v) is 5.16. The molecule has 2 rings (SSSR count). The molecule has 0 spiro atoms. The SMILES string of the molecule is CCNC(=NCCO)N1CCC(c2ccc(OC)cc2)C1.I. The molecule has 0 saturated carbocycles. The Labute approximate surface area is 149 Å². The molecule has 5 nitrogen and oxygen atoms in total. The molecule has 1 aliphatic rings. The summed E-state index contributed by atoms with van der Waals surface area (Å²) >= 11 is 0. The van der Waals surface area contributed by atoms with E-state index in [1.807, 2.05) is 12.1 Å². The van der Waals surface area contributed by atoms with Gasteiger partial charge in [-0.15, -0.1) is 24.0 Å². The molecule has 1 unspecified atom stereocenters. The molecule has 22 heavy (non-hydrogen) atoms. The number of rotatable bonds is 5. The van der Waals surface area contributed by atoms with E-state index < -0.39 is 0 Å². The highest BCUT2D eigenvalue weighted by Crippen LogP contribution is 2.28. The van der Waals surface area contributed by atoms with E-state index in [1.165, 1.54) is 5.56 Å². The summed E-state index contributed by atoms with van der Waals surface area (Å²) in [5.74, 6) is 2.32. The first-order valence-corrected chi connectivity index (χ1v) is 7.56. The molecule has 1 fully saturated rings. The number of ether oxygens (including phenoxy) is 1. The van der Waals surface area contributed by atoms with Gasteiger partial charge in [0.1, 0.15) is 5.75 Å². The summed E-state index contributed by atoms with van der Waals surface area (Å²) < 4.78 is 5.20. The third-order valence-electron chi connectivity index (χ3n) is 3.77. The molecule has 0 aliphatic carbocycles. The molecule has 1 saturated heterocycles. The lowest BCUT2D eigenvalue weighted by Gasteiger charge is -2.21. The zero-order valence-corrected chi connectivity index (χ0v) is 15.6. The van der Waals surface area contributed by atoms with E-state index in [9.17, 15) is 0 Å². The molecule has 1 atom stereocenters. The van der Waals surface area contributed by atoms with E-state index in [0.717, 1.165) is 37.8 Å². The average molecular weight is 419 g/mol. The summed E-state index contributed by atoms with van der Waals surface area (Å²) in [6.45, 7) is 5.40. The normalized spacial score (nSPS) is 18.0. The molecule has 1 aromatic carbocycles. The van der Waals surface area contributed by atoms with Crippen LogP contribution in [-0.4, -0.2) is 55.9 Å². The van der Waals surface area contributed by atoms with Crippen LogP contribution in [0.5, 0.6) is 5.75 Å². The van der Waals surface area contributed by atoms with Crippen molar-refractivity contribution in [1.29, 1.82) is 0 Å². The molecular weight excluding hydrogens is 393 g/mol. The van der Waals surface area contributed by atoms with Crippen LogP contribution in [0.4, 0.5) is 0 Å². The van der Waals surface area contributed by atoms with Crippen molar-refractivity contribution in [1.82, 2.24) is 10.2 Å². The predicted molar refractivity (Wildman–Crippen MR) is 100 cm³/mol. The molecule has 1 aromatic rings. The first kappa shape index (κ1) is 19.0. The zero-order chi connectivity index (χ0) is 15.1. The first-order valence-electron chi connectivity index (χ1n) is 7.56. The Morgan fingerprint density at radius 3 is 2.73 bits per heavy atom. The number of halogens is 1. The maximum atomic E-state index is 8.94. The minimum atomic E-state index is 0. The van der Waals surface area contributed by atoms with Gasteiger partial charge >= 0.3 is 0 Å². The van der Waals surface area contributed by atoms with Crippen LogP contribution < -0.4 is 10.1 Å². The number of methoxy groups -OCH3 is 1. The predicted octanol–water partition coefficient (Wildman–Crippen LogP) is 2.06. The lowest BCUT2D eigenvalue weighted by atomic mass is 9.98. The van der Waals surface area contributed by atoms with Crippen LogP contribution in [0, 0.1) is 0 Å². The van der Waals surface area contributed by atoms with Crippen LogP contribution in [0.2, 0.25) is 0 Å². The molecule has 0 radical (unpaired) electrons. The number of aliphatic hydroxyl groups excluding tert-OH is 1. The lowest BCUT2D eigenvalue weighted by Crippen LogP contribution is -2.40. The van der Waals surface area contributed by atoms with Crippen molar-refractivity contribution in [3.05, 3.63) is 29.8 Å². The van der Waals surface area contributed by atoms with Gasteiger partial charge in [-0.05, 0) is 31.0 Å². The van der Waals surface area contributed by atoms with Crippen LogP contribution >= 0.6 is 24.0 Å². The maximum Gasteiger partial charge on any atom is 0.194 e. The minimum absolute atomic E-state index is 0.